The van der Waals surface area contributed by atoms with E-state index in [1.54, 1.807) is 13.0 Å². The standard InChI is InChI=1S/C21H20Cl2N2O3S/c1-14-19(25-21(28-14)17-4-2-3-5-18(17)23)12-29(27)13-20(26)24-11-10-15-6-8-16(22)9-7-15/h2-9H,10-13H2,1H3,(H,24,26). The molecule has 0 saturated carbocycles. The molecule has 2 aromatic carbocycles. The second-order valence-corrected chi connectivity index (χ2v) is 8.76. The van der Waals surface area contributed by atoms with Crippen molar-refractivity contribution in [2.75, 3.05) is 12.3 Å². The fourth-order valence-electron chi connectivity index (χ4n) is 2.71. The predicted octanol–water partition coefficient (Wildman–Crippen LogP) is 4.56. The summed E-state index contributed by atoms with van der Waals surface area (Å²) in [5.41, 5.74) is 2.31. The van der Waals surface area contributed by atoms with E-state index in [9.17, 15) is 9.00 Å². The first-order valence-corrected chi connectivity index (χ1v) is 11.2. The van der Waals surface area contributed by atoms with Crippen LogP contribution in [0.15, 0.2) is 52.9 Å². The highest BCUT2D eigenvalue weighted by molar-refractivity contribution is 7.84. The van der Waals surface area contributed by atoms with Crippen molar-refractivity contribution in [3.8, 4) is 11.5 Å². The average molecular weight is 451 g/mol. The number of rotatable bonds is 8. The molecule has 0 aliphatic heterocycles. The van der Waals surface area contributed by atoms with Gasteiger partial charge in [-0.15, -0.1) is 0 Å². The molecule has 3 aromatic rings. The zero-order valence-electron chi connectivity index (χ0n) is 15.8. The summed E-state index contributed by atoms with van der Waals surface area (Å²) in [6.45, 7) is 2.23. The van der Waals surface area contributed by atoms with E-state index >= 15 is 0 Å². The molecule has 0 saturated heterocycles. The molecule has 1 unspecified atom stereocenters. The third kappa shape index (κ3) is 6.16. The van der Waals surface area contributed by atoms with Crippen molar-refractivity contribution in [2.45, 2.75) is 19.1 Å². The van der Waals surface area contributed by atoms with Gasteiger partial charge in [0.15, 0.2) is 0 Å². The first kappa shape index (κ1) is 21.6. The van der Waals surface area contributed by atoms with Crippen LogP contribution in [0.25, 0.3) is 11.5 Å². The molecule has 5 nitrogen and oxygen atoms in total. The van der Waals surface area contributed by atoms with Crippen LogP contribution in [0.3, 0.4) is 0 Å². The molecule has 8 heteroatoms. The average Bonchev–Trinajstić information content (AvgIpc) is 3.03. The fourth-order valence-corrected chi connectivity index (χ4v) is 4.12. The van der Waals surface area contributed by atoms with Crippen molar-refractivity contribution in [1.82, 2.24) is 10.3 Å². The third-order valence-corrected chi connectivity index (χ3v) is 6.00. The maximum absolute atomic E-state index is 12.4. The lowest BCUT2D eigenvalue weighted by atomic mass is 10.1. The van der Waals surface area contributed by atoms with Gasteiger partial charge >= 0.3 is 0 Å². The fraction of sp³-hybridized carbons (Fsp3) is 0.238. The van der Waals surface area contributed by atoms with Gasteiger partial charge < -0.3 is 9.73 Å². The van der Waals surface area contributed by atoms with E-state index in [0.29, 0.717) is 45.9 Å². The van der Waals surface area contributed by atoms with E-state index in [1.165, 1.54) is 0 Å². The smallest absolute Gasteiger partial charge is 0.232 e. The van der Waals surface area contributed by atoms with Crippen molar-refractivity contribution in [3.63, 3.8) is 0 Å². The molecule has 0 spiro atoms. The van der Waals surface area contributed by atoms with Crippen LogP contribution in [-0.4, -0.2) is 27.4 Å². The number of amides is 1. The van der Waals surface area contributed by atoms with Gasteiger partial charge in [0, 0.05) is 22.4 Å². The van der Waals surface area contributed by atoms with Crippen LogP contribution in [0.1, 0.15) is 17.0 Å². The Kier molecular flexibility index (Phi) is 7.47. The van der Waals surface area contributed by atoms with Gasteiger partial charge in [-0.05, 0) is 43.2 Å². The van der Waals surface area contributed by atoms with Gasteiger partial charge in [0.2, 0.25) is 11.8 Å². The van der Waals surface area contributed by atoms with Gasteiger partial charge in [0.1, 0.15) is 11.5 Å². The Hall–Kier alpha value is -2.15. The van der Waals surface area contributed by atoms with Crippen molar-refractivity contribution in [2.24, 2.45) is 0 Å². The minimum absolute atomic E-state index is 0.0889. The summed E-state index contributed by atoms with van der Waals surface area (Å²) in [7, 11) is -1.40. The van der Waals surface area contributed by atoms with Crippen LogP contribution in [-0.2, 0) is 27.8 Å². The summed E-state index contributed by atoms with van der Waals surface area (Å²) >= 11 is 12.0. The molecule has 0 bridgehead atoms. The zero-order chi connectivity index (χ0) is 20.8. The number of aryl methyl sites for hydroxylation is 1. The Morgan fingerprint density at radius 1 is 1.14 bits per heavy atom. The molecule has 0 fully saturated rings. The van der Waals surface area contributed by atoms with Crippen molar-refractivity contribution in [3.05, 3.63) is 75.6 Å². The number of hydrogen-bond donors (Lipinski definition) is 1. The van der Waals surface area contributed by atoms with Gasteiger partial charge in [-0.25, -0.2) is 4.98 Å². The highest BCUT2D eigenvalue weighted by Crippen LogP contribution is 2.28. The van der Waals surface area contributed by atoms with E-state index in [2.05, 4.69) is 10.3 Å². The number of hydrogen-bond acceptors (Lipinski definition) is 4. The Balaban J connectivity index is 1.50. The monoisotopic (exact) mass is 450 g/mol. The van der Waals surface area contributed by atoms with E-state index in [4.69, 9.17) is 27.6 Å². The highest BCUT2D eigenvalue weighted by Gasteiger charge is 2.17. The van der Waals surface area contributed by atoms with Crippen LogP contribution in [0.2, 0.25) is 10.0 Å². The van der Waals surface area contributed by atoms with E-state index in [1.807, 2.05) is 42.5 Å². The van der Waals surface area contributed by atoms with E-state index in [-0.39, 0.29) is 17.4 Å². The highest BCUT2D eigenvalue weighted by atomic mass is 35.5. The van der Waals surface area contributed by atoms with Gasteiger partial charge in [0.25, 0.3) is 0 Å². The Morgan fingerprint density at radius 3 is 2.59 bits per heavy atom. The normalized spacial score (nSPS) is 12.0. The Bertz CT molecular complexity index is 1020. The number of nitrogens with one attached hydrogen (secondary N) is 1. The van der Waals surface area contributed by atoms with Crippen LogP contribution in [0.5, 0.6) is 0 Å². The van der Waals surface area contributed by atoms with Crippen LogP contribution in [0.4, 0.5) is 0 Å². The topological polar surface area (TPSA) is 72.2 Å². The molecule has 3 rings (SSSR count). The minimum Gasteiger partial charge on any atom is -0.441 e. The first-order chi connectivity index (χ1) is 13.9. The van der Waals surface area contributed by atoms with Crippen LogP contribution < -0.4 is 5.32 Å². The second kappa shape index (κ2) is 10.1. The summed E-state index contributed by atoms with van der Waals surface area (Å²) in [6, 6.07) is 14.7. The number of benzene rings is 2. The van der Waals surface area contributed by atoms with Crippen molar-refractivity contribution >= 4 is 39.9 Å². The zero-order valence-corrected chi connectivity index (χ0v) is 18.1. The van der Waals surface area contributed by atoms with Gasteiger partial charge in [0.05, 0.1) is 22.0 Å². The van der Waals surface area contributed by atoms with Gasteiger partial charge in [-0.3, -0.25) is 9.00 Å². The van der Waals surface area contributed by atoms with Gasteiger partial charge in [-0.1, -0.05) is 47.5 Å². The van der Waals surface area contributed by atoms with Crippen molar-refractivity contribution < 1.29 is 13.4 Å². The molecule has 1 amide bonds. The molecular weight excluding hydrogens is 431 g/mol. The lowest BCUT2D eigenvalue weighted by molar-refractivity contribution is -0.118. The van der Waals surface area contributed by atoms with Crippen molar-refractivity contribution in [1.29, 1.82) is 0 Å². The third-order valence-electron chi connectivity index (χ3n) is 4.24. The largest absolute Gasteiger partial charge is 0.441 e. The number of aromatic nitrogens is 1. The molecule has 1 heterocycles. The Morgan fingerprint density at radius 2 is 1.86 bits per heavy atom. The number of oxazole rings is 1. The quantitative estimate of drug-likeness (QED) is 0.545. The lowest BCUT2D eigenvalue weighted by Crippen LogP contribution is -2.30. The molecule has 152 valence electrons. The number of nitrogens with zero attached hydrogens (tertiary/aromatic N) is 1. The predicted molar refractivity (Wildman–Crippen MR) is 117 cm³/mol. The first-order valence-electron chi connectivity index (χ1n) is 8.99. The number of carbonyl (C=O) groups excluding carboxylic acids is 1. The van der Waals surface area contributed by atoms with E-state index < -0.39 is 10.8 Å². The molecule has 1 N–H and O–H groups in total. The second-order valence-electron chi connectivity index (χ2n) is 6.46. The Labute approximate surface area is 181 Å². The van der Waals surface area contributed by atoms with Crippen LogP contribution >= 0.6 is 23.2 Å². The lowest BCUT2D eigenvalue weighted by Gasteiger charge is -2.05. The summed E-state index contributed by atoms with van der Waals surface area (Å²) in [5.74, 6) is 0.743. The minimum atomic E-state index is -1.40. The summed E-state index contributed by atoms with van der Waals surface area (Å²) in [6.07, 6.45) is 0.680. The number of carbonyl (C=O) groups is 1. The molecule has 0 aliphatic rings. The molecule has 29 heavy (non-hydrogen) atoms. The number of halogens is 2. The van der Waals surface area contributed by atoms with Gasteiger partial charge in [-0.2, -0.15) is 0 Å². The summed E-state index contributed by atoms with van der Waals surface area (Å²) in [5, 5.41) is 3.99. The SMILES string of the molecule is Cc1oc(-c2ccccc2Cl)nc1CS(=O)CC(=O)NCCc1ccc(Cl)cc1. The molecule has 1 atom stereocenters. The summed E-state index contributed by atoms with van der Waals surface area (Å²) in [4.78, 5) is 16.5. The maximum Gasteiger partial charge on any atom is 0.232 e. The molecular formula is C21H20Cl2N2O3S. The van der Waals surface area contributed by atoms with Crippen LogP contribution in [0, 0.1) is 6.92 Å². The molecule has 1 aromatic heterocycles. The molecule has 0 radical (unpaired) electrons. The van der Waals surface area contributed by atoms with E-state index in [0.717, 1.165) is 5.56 Å². The summed E-state index contributed by atoms with van der Waals surface area (Å²) < 4.78 is 18.1. The molecule has 0 aliphatic carbocycles. The maximum atomic E-state index is 12.4.